The summed E-state index contributed by atoms with van der Waals surface area (Å²) in [5.41, 5.74) is 4.09. The number of hydrazine groups is 1. The number of hydrogen-bond acceptors (Lipinski definition) is 6. The second-order valence-corrected chi connectivity index (χ2v) is 5.50. The lowest BCUT2D eigenvalue weighted by atomic mass is 10.2. The Labute approximate surface area is 127 Å². The number of hydrogen-bond donors (Lipinski definition) is 2. The number of carbonyl (C=O) groups excluding carboxylic acids is 1. The van der Waals surface area contributed by atoms with Crippen molar-refractivity contribution < 1.29 is 9.53 Å². The van der Waals surface area contributed by atoms with Crippen molar-refractivity contribution in [2.45, 2.75) is 13.1 Å². The maximum Gasteiger partial charge on any atom is 0.294 e. The molecule has 0 bridgehead atoms. The fourth-order valence-corrected chi connectivity index (χ4v) is 2.67. The zero-order valence-electron chi connectivity index (χ0n) is 12.0. The lowest BCUT2D eigenvalue weighted by molar-refractivity contribution is 0.0953. The van der Waals surface area contributed by atoms with Gasteiger partial charge in [0.25, 0.3) is 5.91 Å². The van der Waals surface area contributed by atoms with E-state index in [0.29, 0.717) is 11.6 Å². The maximum atomic E-state index is 11.4. The molecule has 1 aromatic carbocycles. The first kappa shape index (κ1) is 15.4. The molecule has 0 spiro atoms. The maximum absolute atomic E-state index is 11.4. The quantitative estimate of drug-likeness (QED) is 0.479. The molecule has 1 aromatic heterocycles. The van der Waals surface area contributed by atoms with Crippen LogP contribution in [0.3, 0.4) is 0 Å². The van der Waals surface area contributed by atoms with Crippen molar-refractivity contribution in [2.24, 2.45) is 5.84 Å². The molecule has 1 heterocycles. The third-order valence-electron chi connectivity index (χ3n) is 2.90. The number of nitrogens with zero attached hydrogens (tertiary/aromatic N) is 2. The van der Waals surface area contributed by atoms with Gasteiger partial charge in [-0.2, -0.15) is 0 Å². The number of methoxy groups -OCH3 is 1. The van der Waals surface area contributed by atoms with Gasteiger partial charge in [-0.05, 0) is 24.7 Å². The van der Waals surface area contributed by atoms with Crippen LogP contribution in [0.5, 0.6) is 5.75 Å². The molecular weight excluding hydrogens is 288 g/mol. The van der Waals surface area contributed by atoms with E-state index < -0.39 is 0 Å². The van der Waals surface area contributed by atoms with Crippen LogP contribution in [-0.4, -0.2) is 29.9 Å². The fourth-order valence-electron chi connectivity index (χ4n) is 1.96. The van der Waals surface area contributed by atoms with Crippen molar-refractivity contribution in [2.75, 3.05) is 14.2 Å². The number of carbonyl (C=O) groups is 1. The van der Waals surface area contributed by atoms with Gasteiger partial charge < -0.3 is 4.74 Å². The molecule has 2 rings (SSSR count). The van der Waals surface area contributed by atoms with Gasteiger partial charge in [-0.1, -0.05) is 12.1 Å². The third kappa shape index (κ3) is 4.25. The van der Waals surface area contributed by atoms with Crippen LogP contribution in [-0.2, 0) is 13.1 Å². The molecule has 0 saturated carbocycles. The van der Waals surface area contributed by atoms with Gasteiger partial charge in [0, 0.05) is 18.5 Å². The van der Waals surface area contributed by atoms with Gasteiger partial charge in [0.2, 0.25) is 0 Å². The second-order valence-electron chi connectivity index (χ2n) is 4.64. The van der Waals surface area contributed by atoms with Gasteiger partial charge in [-0.25, -0.2) is 10.8 Å². The lowest BCUT2D eigenvalue weighted by Crippen LogP contribution is -2.29. The van der Waals surface area contributed by atoms with E-state index in [4.69, 9.17) is 10.6 Å². The summed E-state index contributed by atoms with van der Waals surface area (Å²) in [6.07, 6.45) is 0. The van der Waals surface area contributed by atoms with Crippen LogP contribution in [0.4, 0.5) is 0 Å². The molecule has 0 radical (unpaired) electrons. The minimum absolute atomic E-state index is 0.360. The van der Waals surface area contributed by atoms with E-state index >= 15 is 0 Å². The second kappa shape index (κ2) is 7.16. The Morgan fingerprint density at radius 1 is 1.48 bits per heavy atom. The molecule has 0 aliphatic rings. The molecule has 3 N–H and O–H groups in total. The van der Waals surface area contributed by atoms with Crippen LogP contribution in [0.1, 0.15) is 21.1 Å². The van der Waals surface area contributed by atoms with E-state index in [0.717, 1.165) is 23.6 Å². The van der Waals surface area contributed by atoms with Gasteiger partial charge >= 0.3 is 0 Å². The summed E-state index contributed by atoms with van der Waals surface area (Å²) in [7, 11) is 3.66. The van der Waals surface area contributed by atoms with Crippen LogP contribution < -0.4 is 16.0 Å². The normalized spacial score (nSPS) is 10.7. The Morgan fingerprint density at radius 3 is 3.00 bits per heavy atom. The molecule has 112 valence electrons. The molecule has 0 saturated heterocycles. The number of ether oxygens (including phenoxy) is 1. The predicted octanol–water partition coefficient (Wildman–Crippen LogP) is 1.39. The molecule has 0 fully saturated rings. The first-order valence-corrected chi connectivity index (χ1v) is 7.27. The van der Waals surface area contributed by atoms with Crippen molar-refractivity contribution in [1.82, 2.24) is 15.3 Å². The monoisotopic (exact) mass is 306 g/mol. The summed E-state index contributed by atoms with van der Waals surface area (Å²) in [5.74, 6) is 5.57. The Morgan fingerprint density at radius 2 is 2.29 bits per heavy atom. The predicted molar refractivity (Wildman–Crippen MR) is 81.9 cm³/mol. The molecule has 2 aromatic rings. The van der Waals surface area contributed by atoms with Crippen LogP contribution in [0, 0.1) is 0 Å². The molecule has 1 amide bonds. The minimum atomic E-state index is -0.360. The number of thiazole rings is 1. The van der Waals surface area contributed by atoms with E-state index in [9.17, 15) is 4.79 Å². The Balaban J connectivity index is 1.96. The largest absolute Gasteiger partial charge is 0.497 e. The number of nitrogens with one attached hydrogen (secondary N) is 1. The smallest absolute Gasteiger partial charge is 0.294 e. The van der Waals surface area contributed by atoms with Crippen LogP contribution >= 0.6 is 11.3 Å². The van der Waals surface area contributed by atoms with Gasteiger partial charge in [0.15, 0.2) is 5.01 Å². The van der Waals surface area contributed by atoms with Gasteiger partial charge in [-0.15, -0.1) is 11.3 Å². The van der Waals surface area contributed by atoms with Crippen molar-refractivity contribution in [3.8, 4) is 5.75 Å². The molecule has 6 nitrogen and oxygen atoms in total. The van der Waals surface area contributed by atoms with Crippen LogP contribution in [0.15, 0.2) is 29.6 Å². The number of aromatic nitrogens is 1. The third-order valence-corrected chi connectivity index (χ3v) is 3.79. The zero-order valence-corrected chi connectivity index (χ0v) is 12.8. The summed E-state index contributed by atoms with van der Waals surface area (Å²) >= 11 is 1.29. The Hall–Kier alpha value is -1.96. The highest BCUT2D eigenvalue weighted by molar-refractivity contribution is 7.11. The number of nitrogens with two attached hydrogens (primary N) is 1. The number of benzene rings is 1. The molecule has 0 aliphatic carbocycles. The van der Waals surface area contributed by atoms with E-state index in [-0.39, 0.29) is 5.91 Å². The average Bonchev–Trinajstić information content (AvgIpc) is 2.94. The van der Waals surface area contributed by atoms with Crippen molar-refractivity contribution in [1.29, 1.82) is 0 Å². The minimum Gasteiger partial charge on any atom is -0.497 e. The van der Waals surface area contributed by atoms with Gasteiger partial charge in [-0.3, -0.25) is 15.1 Å². The standard InChI is InChI=1S/C14H18N4O2S/c1-18(7-10-4-3-5-12(6-10)20-2)8-11-9-21-14(16-11)13(19)17-15/h3-6,9H,7-8,15H2,1-2H3,(H,17,19). The molecule has 21 heavy (non-hydrogen) atoms. The molecule has 0 atom stereocenters. The lowest BCUT2D eigenvalue weighted by Gasteiger charge is -2.15. The molecule has 7 heteroatoms. The first-order valence-electron chi connectivity index (χ1n) is 6.39. The topological polar surface area (TPSA) is 80.5 Å². The summed E-state index contributed by atoms with van der Waals surface area (Å²) in [6.45, 7) is 1.43. The summed E-state index contributed by atoms with van der Waals surface area (Å²) in [5, 5.41) is 2.24. The van der Waals surface area contributed by atoms with E-state index in [1.165, 1.54) is 11.3 Å². The SMILES string of the molecule is COc1cccc(CN(C)Cc2csc(C(=O)NN)n2)c1. The summed E-state index contributed by atoms with van der Waals surface area (Å²) < 4.78 is 5.21. The van der Waals surface area contributed by atoms with E-state index in [1.807, 2.05) is 36.7 Å². The number of rotatable bonds is 6. The van der Waals surface area contributed by atoms with Crippen molar-refractivity contribution in [3.63, 3.8) is 0 Å². The first-order chi connectivity index (χ1) is 10.1. The van der Waals surface area contributed by atoms with Gasteiger partial charge in [0.1, 0.15) is 5.75 Å². The van der Waals surface area contributed by atoms with E-state index in [2.05, 4.69) is 15.3 Å². The Kier molecular flexibility index (Phi) is 5.26. The Bertz CT molecular complexity index is 615. The highest BCUT2D eigenvalue weighted by Gasteiger charge is 2.11. The zero-order chi connectivity index (χ0) is 15.2. The summed E-state index contributed by atoms with van der Waals surface area (Å²) in [4.78, 5) is 17.7. The van der Waals surface area contributed by atoms with Gasteiger partial charge in [0.05, 0.1) is 12.8 Å². The number of amides is 1. The van der Waals surface area contributed by atoms with Crippen molar-refractivity contribution in [3.05, 3.63) is 45.9 Å². The van der Waals surface area contributed by atoms with Crippen molar-refractivity contribution >= 4 is 17.2 Å². The molecule has 0 unspecified atom stereocenters. The average molecular weight is 306 g/mol. The number of nitrogen functional groups attached to an aromatic ring is 1. The summed E-state index contributed by atoms with van der Waals surface area (Å²) in [6, 6.07) is 7.94. The van der Waals surface area contributed by atoms with Crippen LogP contribution in [0.2, 0.25) is 0 Å². The molecule has 0 aliphatic heterocycles. The van der Waals surface area contributed by atoms with E-state index in [1.54, 1.807) is 7.11 Å². The highest BCUT2D eigenvalue weighted by Crippen LogP contribution is 2.16. The molecular formula is C14H18N4O2S. The fraction of sp³-hybridized carbons (Fsp3) is 0.286. The van der Waals surface area contributed by atoms with Crippen LogP contribution in [0.25, 0.3) is 0 Å². The highest BCUT2D eigenvalue weighted by atomic mass is 32.1.